The minimum absolute atomic E-state index is 0.190. The SMILES string of the molecule is CCOc1ccc(C(C)NC(=O)c2ccc(OC)nc2)cc1OCC. The van der Waals surface area contributed by atoms with Gasteiger partial charge in [0.1, 0.15) is 0 Å². The predicted molar refractivity (Wildman–Crippen MR) is 95.5 cm³/mol. The van der Waals surface area contributed by atoms with Crippen molar-refractivity contribution in [2.75, 3.05) is 20.3 Å². The molecule has 0 aliphatic rings. The van der Waals surface area contributed by atoms with E-state index in [1.165, 1.54) is 13.3 Å². The molecule has 1 N–H and O–H groups in total. The molecule has 0 radical (unpaired) electrons. The van der Waals surface area contributed by atoms with Crippen LogP contribution in [0, 0.1) is 0 Å². The fraction of sp³-hybridized carbons (Fsp3) is 0.368. The smallest absolute Gasteiger partial charge is 0.253 e. The van der Waals surface area contributed by atoms with E-state index in [4.69, 9.17) is 14.2 Å². The summed E-state index contributed by atoms with van der Waals surface area (Å²) in [5, 5.41) is 2.95. The number of nitrogens with one attached hydrogen (secondary N) is 1. The first-order valence-corrected chi connectivity index (χ1v) is 8.29. The van der Waals surface area contributed by atoms with Crippen LogP contribution in [-0.2, 0) is 0 Å². The Hall–Kier alpha value is -2.76. The normalized spacial score (nSPS) is 11.5. The maximum atomic E-state index is 12.4. The molecular weight excluding hydrogens is 320 g/mol. The Bertz CT molecular complexity index is 701. The number of amides is 1. The summed E-state index contributed by atoms with van der Waals surface area (Å²) in [6, 6.07) is 8.82. The van der Waals surface area contributed by atoms with Crippen LogP contribution in [0.2, 0.25) is 0 Å². The van der Waals surface area contributed by atoms with Crippen LogP contribution < -0.4 is 19.5 Å². The molecule has 1 aromatic heterocycles. The van der Waals surface area contributed by atoms with Crippen LogP contribution >= 0.6 is 0 Å². The van der Waals surface area contributed by atoms with Crippen LogP contribution in [0.3, 0.4) is 0 Å². The number of carbonyl (C=O) groups is 1. The van der Waals surface area contributed by atoms with Crippen molar-refractivity contribution in [1.82, 2.24) is 10.3 Å². The first-order valence-electron chi connectivity index (χ1n) is 8.29. The Kier molecular flexibility index (Phi) is 6.62. The quantitative estimate of drug-likeness (QED) is 0.795. The van der Waals surface area contributed by atoms with Gasteiger partial charge in [0.25, 0.3) is 5.91 Å². The minimum Gasteiger partial charge on any atom is -0.490 e. The molecule has 0 spiro atoms. The Morgan fingerprint density at radius 3 is 2.44 bits per heavy atom. The summed E-state index contributed by atoms with van der Waals surface area (Å²) in [6.45, 7) is 6.87. The molecule has 2 rings (SSSR count). The average molecular weight is 344 g/mol. The van der Waals surface area contributed by atoms with Gasteiger partial charge in [-0.05, 0) is 44.5 Å². The van der Waals surface area contributed by atoms with Gasteiger partial charge in [-0.25, -0.2) is 4.98 Å². The third-order valence-corrected chi connectivity index (χ3v) is 3.62. The summed E-state index contributed by atoms with van der Waals surface area (Å²) in [5.74, 6) is 1.65. The molecule has 0 aliphatic heterocycles. The van der Waals surface area contributed by atoms with Crippen molar-refractivity contribution < 1.29 is 19.0 Å². The van der Waals surface area contributed by atoms with Gasteiger partial charge in [-0.2, -0.15) is 0 Å². The second kappa shape index (κ2) is 8.92. The van der Waals surface area contributed by atoms with Crippen LogP contribution in [-0.4, -0.2) is 31.2 Å². The zero-order chi connectivity index (χ0) is 18.2. The van der Waals surface area contributed by atoms with Gasteiger partial charge in [-0.3, -0.25) is 4.79 Å². The van der Waals surface area contributed by atoms with Gasteiger partial charge in [0.05, 0.1) is 31.9 Å². The predicted octanol–water partition coefficient (Wildman–Crippen LogP) is 3.38. The fourth-order valence-electron chi connectivity index (χ4n) is 2.34. The van der Waals surface area contributed by atoms with Crippen LogP contribution in [0.4, 0.5) is 0 Å². The summed E-state index contributed by atoms with van der Waals surface area (Å²) >= 11 is 0. The topological polar surface area (TPSA) is 69.7 Å². The fourth-order valence-corrected chi connectivity index (χ4v) is 2.34. The number of aromatic nitrogens is 1. The van der Waals surface area contributed by atoms with Gasteiger partial charge in [-0.15, -0.1) is 0 Å². The second-order valence-electron chi connectivity index (χ2n) is 5.36. The zero-order valence-corrected chi connectivity index (χ0v) is 15.0. The standard InChI is InChI=1S/C19H24N2O4/c1-5-24-16-9-7-14(11-17(16)25-6-2)13(3)21-19(22)15-8-10-18(23-4)20-12-15/h7-13H,5-6H2,1-4H3,(H,21,22). The van der Waals surface area contributed by atoms with Crippen LogP contribution in [0.5, 0.6) is 17.4 Å². The van der Waals surface area contributed by atoms with Gasteiger partial charge in [0.2, 0.25) is 5.88 Å². The highest BCUT2D eigenvalue weighted by molar-refractivity contribution is 5.94. The zero-order valence-electron chi connectivity index (χ0n) is 15.0. The lowest BCUT2D eigenvalue weighted by atomic mass is 10.1. The van der Waals surface area contributed by atoms with Crippen molar-refractivity contribution in [3.63, 3.8) is 0 Å². The molecule has 1 aromatic carbocycles. The van der Waals surface area contributed by atoms with Gasteiger partial charge in [0.15, 0.2) is 11.5 Å². The van der Waals surface area contributed by atoms with Crippen LogP contribution in [0.25, 0.3) is 0 Å². The van der Waals surface area contributed by atoms with Gasteiger partial charge in [-0.1, -0.05) is 6.07 Å². The summed E-state index contributed by atoms with van der Waals surface area (Å²) in [4.78, 5) is 16.4. The molecule has 25 heavy (non-hydrogen) atoms. The highest BCUT2D eigenvalue weighted by atomic mass is 16.5. The Labute approximate surface area is 148 Å². The molecule has 6 nitrogen and oxygen atoms in total. The summed E-state index contributed by atoms with van der Waals surface area (Å²) < 4.78 is 16.2. The first-order chi connectivity index (χ1) is 12.1. The third-order valence-electron chi connectivity index (χ3n) is 3.62. The van der Waals surface area contributed by atoms with E-state index in [2.05, 4.69) is 10.3 Å². The minimum atomic E-state index is -0.200. The molecule has 0 aliphatic carbocycles. The molecule has 1 heterocycles. The molecule has 134 valence electrons. The molecular formula is C19H24N2O4. The molecule has 0 saturated heterocycles. The maximum absolute atomic E-state index is 12.4. The average Bonchev–Trinajstić information content (AvgIpc) is 2.63. The number of nitrogens with zero attached hydrogens (tertiary/aromatic N) is 1. The highest BCUT2D eigenvalue weighted by Gasteiger charge is 2.14. The van der Waals surface area contributed by atoms with Crippen molar-refractivity contribution in [1.29, 1.82) is 0 Å². The molecule has 1 atom stereocenters. The molecule has 1 amide bonds. The van der Waals surface area contributed by atoms with E-state index in [0.717, 1.165) is 5.56 Å². The van der Waals surface area contributed by atoms with Gasteiger partial charge < -0.3 is 19.5 Å². The van der Waals surface area contributed by atoms with E-state index in [1.54, 1.807) is 12.1 Å². The number of carbonyl (C=O) groups excluding carboxylic acids is 1. The summed E-state index contributed by atoms with van der Waals surface area (Å²) in [5.41, 5.74) is 1.41. The third kappa shape index (κ3) is 4.86. The second-order valence-corrected chi connectivity index (χ2v) is 5.36. The van der Waals surface area contributed by atoms with Gasteiger partial charge >= 0.3 is 0 Å². The van der Waals surface area contributed by atoms with E-state index in [0.29, 0.717) is 36.2 Å². The number of methoxy groups -OCH3 is 1. The van der Waals surface area contributed by atoms with Gasteiger partial charge in [0, 0.05) is 12.3 Å². The van der Waals surface area contributed by atoms with E-state index in [1.807, 2.05) is 39.0 Å². The molecule has 2 aromatic rings. The Balaban J connectivity index is 2.11. The van der Waals surface area contributed by atoms with E-state index >= 15 is 0 Å². The molecule has 6 heteroatoms. The number of pyridine rings is 1. The van der Waals surface area contributed by atoms with Crippen molar-refractivity contribution in [3.05, 3.63) is 47.7 Å². The van der Waals surface area contributed by atoms with Crippen molar-refractivity contribution in [2.24, 2.45) is 0 Å². The number of ether oxygens (including phenoxy) is 3. The summed E-state index contributed by atoms with van der Waals surface area (Å²) in [7, 11) is 1.53. The van der Waals surface area contributed by atoms with E-state index < -0.39 is 0 Å². The number of benzene rings is 1. The van der Waals surface area contributed by atoms with Crippen molar-refractivity contribution >= 4 is 5.91 Å². The van der Waals surface area contributed by atoms with E-state index in [-0.39, 0.29) is 11.9 Å². The lowest BCUT2D eigenvalue weighted by Crippen LogP contribution is -2.26. The molecule has 1 unspecified atom stereocenters. The molecule has 0 fully saturated rings. The summed E-state index contributed by atoms with van der Waals surface area (Å²) in [6.07, 6.45) is 1.49. The van der Waals surface area contributed by atoms with Crippen molar-refractivity contribution in [2.45, 2.75) is 26.8 Å². The highest BCUT2D eigenvalue weighted by Crippen LogP contribution is 2.30. The Morgan fingerprint density at radius 1 is 1.12 bits per heavy atom. The molecule has 0 saturated carbocycles. The number of hydrogen-bond acceptors (Lipinski definition) is 5. The number of rotatable bonds is 8. The lowest BCUT2D eigenvalue weighted by Gasteiger charge is -2.17. The largest absolute Gasteiger partial charge is 0.490 e. The molecule has 0 bridgehead atoms. The number of hydrogen-bond donors (Lipinski definition) is 1. The monoisotopic (exact) mass is 344 g/mol. The van der Waals surface area contributed by atoms with E-state index in [9.17, 15) is 4.79 Å². The van der Waals surface area contributed by atoms with Crippen LogP contribution in [0.1, 0.15) is 42.7 Å². The first kappa shape index (κ1) is 18.6. The lowest BCUT2D eigenvalue weighted by molar-refractivity contribution is 0.0939. The maximum Gasteiger partial charge on any atom is 0.253 e. The van der Waals surface area contributed by atoms with Crippen molar-refractivity contribution in [3.8, 4) is 17.4 Å². The van der Waals surface area contributed by atoms with Crippen LogP contribution in [0.15, 0.2) is 36.5 Å². The Morgan fingerprint density at radius 2 is 1.84 bits per heavy atom.